The second-order valence-corrected chi connectivity index (χ2v) is 11.1. The Morgan fingerprint density at radius 2 is 1.60 bits per heavy atom. The predicted molar refractivity (Wildman–Crippen MR) is 164 cm³/mol. The zero-order valence-corrected chi connectivity index (χ0v) is 24.8. The number of hydrogen-bond acceptors (Lipinski definition) is 5. The van der Waals surface area contributed by atoms with Crippen molar-refractivity contribution in [1.29, 1.82) is 0 Å². The summed E-state index contributed by atoms with van der Waals surface area (Å²) in [6, 6.07) is 22.0. The molecule has 3 N–H and O–H groups in total. The van der Waals surface area contributed by atoms with Gasteiger partial charge in [-0.25, -0.2) is 9.59 Å². The second-order valence-electron chi connectivity index (χ2n) is 10.7. The third-order valence-corrected chi connectivity index (χ3v) is 7.97. The number of methoxy groups -OCH3 is 1. The number of anilines is 1. The fourth-order valence-electron chi connectivity index (χ4n) is 5.20. The maximum absolute atomic E-state index is 13.7. The highest BCUT2D eigenvalue weighted by atomic mass is 35.5. The first-order chi connectivity index (χ1) is 20.2. The van der Waals surface area contributed by atoms with E-state index in [-0.39, 0.29) is 25.2 Å². The molecule has 9 heteroatoms. The molecule has 0 spiro atoms. The number of nitrogens with one attached hydrogen (secondary N) is 2. The highest BCUT2D eigenvalue weighted by Gasteiger charge is 2.21. The molecule has 0 saturated heterocycles. The van der Waals surface area contributed by atoms with Gasteiger partial charge in [-0.2, -0.15) is 0 Å². The van der Waals surface area contributed by atoms with E-state index in [1.165, 1.54) is 44.8 Å². The lowest BCUT2D eigenvalue weighted by molar-refractivity contribution is -0.149. The van der Waals surface area contributed by atoms with E-state index in [1.807, 2.05) is 31.2 Å². The number of rotatable bonds is 10. The standard InChI is InChI=1S/C33H38ClN3O5/c1-22(24-12-16-28(34)17-13-24)36-33(41)37(29-18-14-26(15-19-29)25-6-4-3-5-7-25)21-23-8-10-27(11-9-23)31(39)35-20-30(38)32(40)42-2/h8-19,22,25,30,38H,3-7,20-21H2,1-2H3,(H,35,39)(H,36,41)/t22-,30+/m0/s1. The van der Waals surface area contributed by atoms with Crippen molar-refractivity contribution in [3.8, 4) is 0 Å². The lowest BCUT2D eigenvalue weighted by Gasteiger charge is -2.27. The summed E-state index contributed by atoms with van der Waals surface area (Å²) in [7, 11) is 1.17. The van der Waals surface area contributed by atoms with Gasteiger partial charge in [-0.3, -0.25) is 9.69 Å². The normalized spacial score (nSPS) is 14.9. The van der Waals surface area contributed by atoms with Gasteiger partial charge < -0.3 is 20.5 Å². The third-order valence-electron chi connectivity index (χ3n) is 7.72. The topological polar surface area (TPSA) is 108 Å². The Balaban J connectivity index is 1.49. The molecule has 1 saturated carbocycles. The maximum Gasteiger partial charge on any atom is 0.336 e. The molecule has 4 rings (SSSR count). The van der Waals surface area contributed by atoms with Crippen LogP contribution in [0.3, 0.4) is 0 Å². The van der Waals surface area contributed by atoms with Gasteiger partial charge >= 0.3 is 12.0 Å². The van der Waals surface area contributed by atoms with Crippen molar-refractivity contribution < 1.29 is 24.2 Å². The first-order valence-electron chi connectivity index (χ1n) is 14.3. The van der Waals surface area contributed by atoms with Crippen molar-refractivity contribution in [2.45, 2.75) is 63.6 Å². The fraction of sp³-hybridized carbons (Fsp3) is 0.364. The van der Waals surface area contributed by atoms with Gasteiger partial charge in [-0.15, -0.1) is 0 Å². The molecule has 0 heterocycles. The lowest BCUT2D eigenvalue weighted by atomic mass is 9.84. The van der Waals surface area contributed by atoms with E-state index in [2.05, 4.69) is 27.5 Å². The largest absolute Gasteiger partial charge is 0.467 e. The van der Waals surface area contributed by atoms with E-state index in [0.717, 1.165) is 16.8 Å². The molecule has 0 bridgehead atoms. The fourth-order valence-corrected chi connectivity index (χ4v) is 5.32. The Kier molecular flexibility index (Phi) is 11.0. The smallest absolute Gasteiger partial charge is 0.336 e. The van der Waals surface area contributed by atoms with Gasteiger partial charge in [0.25, 0.3) is 5.91 Å². The molecular formula is C33H38ClN3O5. The van der Waals surface area contributed by atoms with Gasteiger partial charge in [0.05, 0.1) is 26.2 Å². The molecule has 8 nitrogen and oxygen atoms in total. The molecule has 42 heavy (non-hydrogen) atoms. The van der Waals surface area contributed by atoms with Crippen LogP contribution >= 0.6 is 11.6 Å². The van der Waals surface area contributed by atoms with E-state index < -0.39 is 18.0 Å². The van der Waals surface area contributed by atoms with Crippen LogP contribution in [0.5, 0.6) is 0 Å². The first-order valence-corrected chi connectivity index (χ1v) is 14.7. The van der Waals surface area contributed by atoms with Crippen LogP contribution in [0.25, 0.3) is 0 Å². The number of urea groups is 1. The van der Waals surface area contributed by atoms with Crippen LogP contribution in [0.15, 0.2) is 72.8 Å². The molecule has 0 aliphatic heterocycles. The number of halogens is 1. The van der Waals surface area contributed by atoms with Crippen LogP contribution in [0.2, 0.25) is 5.02 Å². The van der Waals surface area contributed by atoms with E-state index in [9.17, 15) is 19.5 Å². The van der Waals surface area contributed by atoms with Crippen LogP contribution in [0.1, 0.15) is 78.0 Å². The van der Waals surface area contributed by atoms with Gasteiger partial charge in [0.2, 0.25) is 0 Å². The molecule has 3 aromatic rings. The molecule has 0 aromatic heterocycles. The second kappa shape index (κ2) is 14.8. The summed E-state index contributed by atoms with van der Waals surface area (Å²) in [4.78, 5) is 39.2. The molecule has 0 unspecified atom stereocenters. The Hall–Kier alpha value is -3.88. The van der Waals surface area contributed by atoms with Crippen LogP contribution < -0.4 is 15.5 Å². The Bertz CT molecular complexity index is 1340. The number of ether oxygens (including phenoxy) is 1. The lowest BCUT2D eigenvalue weighted by Crippen LogP contribution is -2.40. The summed E-state index contributed by atoms with van der Waals surface area (Å²) in [5.74, 6) is -0.692. The summed E-state index contributed by atoms with van der Waals surface area (Å²) in [5, 5.41) is 16.0. The van der Waals surface area contributed by atoms with Gasteiger partial charge in [-0.05, 0) is 78.8 Å². The minimum Gasteiger partial charge on any atom is -0.467 e. The number of nitrogens with zero attached hydrogens (tertiary/aromatic N) is 1. The summed E-state index contributed by atoms with van der Waals surface area (Å²) in [5.41, 5.74) is 4.20. The van der Waals surface area contributed by atoms with E-state index in [1.54, 1.807) is 41.3 Å². The maximum atomic E-state index is 13.7. The molecule has 3 amide bonds. The number of aliphatic hydroxyl groups excluding tert-OH is 1. The minimum atomic E-state index is -1.44. The minimum absolute atomic E-state index is 0.245. The quantitative estimate of drug-likeness (QED) is 0.246. The number of aliphatic hydroxyl groups is 1. The number of carbonyl (C=O) groups is 3. The predicted octanol–water partition coefficient (Wildman–Crippen LogP) is 6.13. The molecule has 1 fully saturated rings. The summed E-state index contributed by atoms with van der Waals surface area (Å²) >= 11 is 6.04. The van der Waals surface area contributed by atoms with Crippen LogP contribution in [-0.4, -0.2) is 42.8 Å². The SMILES string of the molecule is COC(=O)[C@H](O)CNC(=O)c1ccc(CN(C(=O)N[C@@H](C)c2ccc(Cl)cc2)c2ccc(C3CCCCC3)cc2)cc1. The molecular weight excluding hydrogens is 554 g/mol. The van der Waals surface area contributed by atoms with Gasteiger partial charge in [0.15, 0.2) is 6.10 Å². The molecule has 2 atom stereocenters. The number of hydrogen-bond donors (Lipinski definition) is 3. The molecule has 3 aromatic carbocycles. The summed E-state index contributed by atoms with van der Waals surface area (Å²) < 4.78 is 4.47. The van der Waals surface area contributed by atoms with E-state index in [0.29, 0.717) is 16.5 Å². The molecule has 1 aliphatic carbocycles. The third kappa shape index (κ3) is 8.33. The summed E-state index contributed by atoms with van der Waals surface area (Å²) in [6.45, 7) is 1.95. The van der Waals surface area contributed by atoms with Crippen LogP contribution in [0.4, 0.5) is 10.5 Å². The highest BCUT2D eigenvalue weighted by molar-refractivity contribution is 6.30. The van der Waals surface area contributed by atoms with Crippen molar-refractivity contribution in [2.24, 2.45) is 0 Å². The van der Waals surface area contributed by atoms with Gasteiger partial charge in [-0.1, -0.05) is 67.3 Å². The average molecular weight is 592 g/mol. The zero-order chi connectivity index (χ0) is 30.1. The average Bonchev–Trinajstić information content (AvgIpc) is 3.03. The van der Waals surface area contributed by atoms with Crippen LogP contribution in [0, 0.1) is 0 Å². The first kappa shape index (κ1) is 31.1. The number of amides is 3. The van der Waals surface area contributed by atoms with Gasteiger partial charge in [0.1, 0.15) is 0 Å². The Morgan fingerprint density at radius 1 is 0.952 bits per heavy atom. The monoisotopic (exact) mass is 591 g/mol. The molecule has 1 aliphatic rings. The number of carbonyl (C=O) groups excluding carboxylic acids is 3. The summed E-state index contributed by atoms with van der Waals surface area (Å²) in [6.07, 6.45) is 4.76. The van der Waals surface area contributed by atoms with Gasteiger partial charge in [0, 0.05) is 16.3 Å². The van der Waals surface area contributed by atoms with Crippen molar-refractivity contribution >= 4 is 35.2 Å². The van der Waals surface area contributed by atoms with Crippen molar-refractivity contribution in [3.63, 3.8) is 0 Å². The Morgan fingerprint density at radius 3 is 2.21 bits per heavy atom. The number of benzene rings is 3. The van der Waals surface area contributed by atoms with Crippen molar-refractivity contribution in [1.82, 2.24) is 10.6 Å². The number of esters is 1. The highest BCUT2D eigenvalue weighted by Crippen LogP contribution is 2.33. The Labute approximate surface area is 252 Å². The van der Waals surface area contributed by atoms with Crippen LogP contribution in [-0.2, 0) is 16.1 Å². The molecule has 0 radical (unpaired) electrons. The van der Waals surface area contributed by atoms with E-state index >= 15 is 0 Å². The van der Waals surface area contributed by atoms with Crippen molar-refractivity contribution in [2.75, 3.05) is 18.6 Å². The zero-order valence-electron chi connectivity index (χ0n) is 24.0. The van der Waals surface area contributed by atoms with Crippen molar-refractivity contribution in [3.05, 3.63) is 100 Å². The van der Waals surface area contributed by atoms with E-state index in [4.69, 9.17) is 11.6 Å². The molecule has 222 valence electrons.